The highest BCUT2D eigenvalue weighted by atomic mass is 15.1. The fourth-order valence-electron chi connectivity index (χ4n) is 9.58. The van der Waals surface area contributed by atoms with Gasteiger partial charge in [-0.25, -0.2) is 0 Å². The van der Waals surface area contributed by atoms with Crippen molar-refractivity contribution in [3.8, 4) is 50.2 Å². The maximum absolute atomic E-state index is 2.48. The van der Waals surface area contributed by atoms with Crippen molar-refractivity contribution < 1.29 is 0 Å². The van der Waals surface area contributed by atoms with Gasteiger partial charge >= 0.3 is 0 Å². The zero-order chi connectivity index (χ0) is 39.5. The molecule has 9 aromatic carbocycles. The van der Waals surface area contributed by atoms with Crippen molar-refractivity contribution in [2.75, 3.05) is 4.90 Å². The second-order valence-corrected chi connectivity index (χ2v) is 16.1. The number of aromatic nitrogens is 1. The van der Waals surface area contributed by atoms with E-state index in [1.165, 1.54) is 71.9 Å². The average Bonchev–Trinajstić information content (AvgIpc) is 3.75. The monoisotopic (exact) mass is 754 g/mol. The van der Waals surface area contributed by atoms with Gasteiger partial charge in [-0.3, -0.25) is 0 Å². The minimum absolute atomic E-state index is 0.142. The summed E-state index contributed by atoms with van der Waals surface area (Å²) in [6.45, 7) is 4.73. The topological polar surface area (TPSA) is 8.17 Å². The Kier molecular flexibility index (Phi) is 8.20. The van der Waals surface area contributed by atoms with Gasteiger partial charge in [-0.1, -0.05) is 178 Å². The van der Waals surface area contributed by atoms with E-state index in [0.29, 0.717) is 0 Å². The number of nitrogens with zero attached hydrogens (tertiary/aromatic N) is 2. The molecule has 0 saturated heterocycles. The average molecular weight is 755 g/mol. The van der Waals surface area contributed by atoms with E-state index < -0.39 is 0 Å². The highest BCUT2D eigenvalue weighted by Gasteiger charge is 2.36. The predicted octanol–water partition coefficient (Wildman–Crippen LogP) is 15.6. The second-order valence-electron chi connectivity index (χ2n) is 16.1. The number of hydrogen-bond donors (Lipinski definition) is 0. The van der Waals surface area contributed by atoms with Crippen molar-refractivity contribution in [3.63, 3.8) is 0 Å². The van der Waals surface area contributed by atoms with Gasteiger partial charge in [0, 0.05) is 38.8 Å². The summed E-state index contributed by atoms with van der Waals surface area (Å²) in [5, 5.41) is 2.52. The number of rotatable bonds is 7. The Labute approximate surface area is 345 Å². The molecule has 0 atom stereocenters. The third kappa shape index (κ3) is 5.71. The lowest BCUT2D eigenvalue weighted by molar-refractivity contribution is 0.660. The summed E-state index contributed by atoms with van der Waals surface area (Å²) in [4.78, 5) is 2.48. The molecule has 1 heterocycles. The molecule has 59 heavy (non-hydrogen) atoms. The van der Waals surface area contributed by atoms with Gasteiger partial charge < -0.3 is 9.47 Å². The Balaban J connectivity index is 1.14. The van der Waals surface area contributed by atoms with E-state index in [4.69, 9.17) is 0 Å². The molecule has 1 aliphatic rings. The van der Waals surface area contributed by atoms with Gasteiger partial charge in [0.1, 0.15) is 0 Å². The Morgan fingerprint density at radius 3 is 1.66 bits per heavy atom. The summed E-state index contributed by atoms with van der Waals surface area (Å²) in [5.74, 6) is 0. The third-order valence-electron chi connectivity index (χ3n) is 12.4. The highest BCUT2D eigenvalue weighted by Crippen LogP contribution is 2.52. The van der Waals surface area contributed by atoms with E-state index in [1.54, 1.807) is 0 Å². The Morgan fingerprint density at radius 2 is 0.932 bits per heavy atom. The van der Waals surface area contributed by atoms with Crippen LogP contribution in [0.5, 0.6) is 0 Å². The van der Waals surface area contributed by atoms with Crippen LogP contribution in [0.2, 0.25) is 0 Å². The van der Waals surface area contributed by atoms with Crippen molar-refractivity contribution in [1.82, 2.24) is 4.57 Å². The molecule has 0 amide bonds. The van der Waals surface area contributed by atoms with E-state index in [9.17, 15) is 0 Å². The van der Waals surface area contributed by atoms with Crippen LogP contribution >= 0.6 is 0 Å². The molecule has 2 nitrogen and oxygen atoms in total. The first kappa shape index (κ1) is 34.8. The van der Waals surface area contributed by atoms with Crippen LogP contribution < -0.4 is 4.90 Å². The second kappa shape index (κ2) is 13.9. The highest BCUT2D eigenvalue weighted by molar-refractivity contribution is 6.09. The smallest absolute Gasteiger partial charge is 0.0546 e. The largest absolute Gasteiger partial charge is 0.310 e. The van der Waals surface area contributed by atoms with E-state index >= 15 is 0 Å². The minimum Gasteiger partial charge on any atom is -0.310 e. The molecule has 280 valence electrons. The molecule has 0 saturated carbocycles. The fraction of sp³-hybridized carbons (Fsp3) is 0.0526. The standard InChI is InChI=1S/C57H42N2/c1-57(2)51-27-12-9-23-47(51)48-36-35-45(38-52(48)57)58(44-22-15-21-42(37-44)39-17-5-3-6-18-39)55-30-16-26-46(40-19-7-4-8-20-40)56(55)41-31-33-43(34-32-41)59-53-28-13-10-24-49(53)50-25-11-14-29-54(50)59/h3-38H,1-2H3. The molecular weight excluding hydrogens is 713 g/mol. The van der Waals surface area contributed by atoms with Crippen molar-refractivity contribution in [1.29, 1.82) is 0 Å². The van der Waals surface area contributed by atoms with Gasteiger partial charge in [-0.2, -0.15) is 0 Å². The normalized spacial score (nSPS) is 12.7. The molecule has 0 fully saturated rings. The number of anilines is 3. The molecule has 1 aliphatic carbocycles. The summed E-state index contributed by atoms with van der Waals surface area (Å²) in [5.41, 5.74) is 19.2. The van der Waals surface area contributed by atoms with Crippen molar-refractivity contribution >= 4 is 38.9 Å². The first-order valence-electron chi connectivity index (χ1n) is 20.5. The van der Waals surface area contributed by atoms with Crippen LogP contribution in [-0.2, 0) is 5.41 Å². The van der Waals surface area contributed by atoms with E-state index in [-0.39, 0.29) is 5.41 Å². The number of hydrogen-bond acceptors (Lipinski definition) is 1. The van der Waals surface area contributed by atoms with Crippen LogP contribution in [0.4, 0.5) is 17.1 Å². The van der Waals surface area contributed by atoms with Gasteiger partial charge in [0.05, 0.1) is 16.7 Å². The van der Waals surface area contributed by atoms with Crippen molar-refractivity contribution in [2.24, 2.45) is 0 Å². The Morgan fingerprint density at radius 1 is 0.373 bits per heavy atom. The fourth-order valence-corrected chi connectivity index (χ4v) is 9.58. The van der Waals surface area contributed by atoms with E-state index in [2.05, 4.69) is 242 Å². The lowest BCUT2D eigenvalue weighted by Crippen LogP contribution is -2.17. The van der Waals surface area contributed by atoms with E-state index in [0.717, 1.165) is 28.3 Å². The van der Waals surface area contributed by atoms with Gasteiger partial charge in [0.2, 0.25) is 0 Å². The van der Waals surface area contributed by atoms with Crippen LogP contribution in [0.15, 0.2) is 218 Å². The SMILES string of the molecule is CC1(C)c2ccccc2-c2ccc(N(c3cccc(-c4ccccc4)c3)c3cccc(-c4ccccc4)c3-c3ccc(-n4c5ccccc5c5ccccc54)cc3)cc21. The quantitative estimate of drug-likeness (QED) is 0.157. The molecule has 0 radical (unpaired) electrons. The maximum atomic E-state index is 2.48. The van der Waals surface area contributed by atoms with Crippen LogP contribution in [0.3, 0.4) is 0 Å². The summed E-state index contributed by atoms with van der Waals surface area (Å²) in [7, 11) is 0. The molecular formula is C57H42N2. The summed E-state index contributed by atoms with van der Waals surface area (Å²) >= 11 is 0. The third-order valence-corrected chi connectivity index (χ3v) is 12.4. The van der Waals surface area contributed by atoms with Gasteiger partial charge in [-0.05, 0) is 105 Å². The van der Waals surface area contributed by atoms with Crippen LogP contribution in [-0.4, -0.2) is 4.57 Å². The summed E-state index contributed by atoms with van der Waals surface area (Å²) < 4.78 is 2.39. The molecule has 0 bridgehead atoms. The Hall–Kier alpha value is -7.42. The Bertz CT molecular complexity index is 3120. The minimum atomic E-state index is -0.142. The maximum Gasteiger partial charge on any atom is 0.0546 e. The van der Waals surface area contributed by atoms with Gasteiger partial charge in [-0.15, -0.1) is 0 Å². The first-order chi connectivity index (χ1) is 29.0. The molecule has 2 heteroatoms. The lowest BCUT2D eigenvalue weighted by atomic mass is 9.82. The molecule has 0 N–H and O–H groups in total. The molecule has 11 rings (SSSR count). The van der Waals surface area contributed by atoms with Crippen molar-refractivity contribution in [3.05, 3.63) is 230 Å². The zero-order valence-electron chi connectivity index (χ0n) is 33.2. The zero-order valence-corrected chi connectivity index (χ0v) is 33.2. The molecule has 1 aromatic heterocycles. The molecule has 10 aromatic rings. The van der Waals surface area contributed by atoms with Crippen LogP contribution in [0.25, 0.3) is 72.0 Å². The van der Waals surface area contributed by atoms with Crippen molar-refractivity contribution in [2.45, 2.75) is 19.3 Å². The lowest BCUT2D eigenvalue weighted by Gasteiger charge is -2.31. The first-order valence-corrected chi connectivity index (χ1v) is 20.5. The van der Waals surface area contributed by atoms with Gasteiger partial charge in [0.25, 0.3) is 0 Å². The summed E-state index contributed by atoms with van der Waals surface area (Å²) in [6, 6.07) is 79.9. The number of fused-ring (bicyclic) bond motifs is 6. The predicted molar refractivity (Wildman–Crippen MR) is 249 cm³/mol. The summed E-state index contributed by atoms with van der Waals surface area (Å²) in [6.07, 6.45) is 0. The van der Waals surface area contributed by atoms with Crippen LogP contribution in [0.1, 0.15) is 25.0 Å². The van der Waals surface area contributed by atoms with E-state index in [1.807, 2.05) is 0 Å². The molecule has 0 spiro atoms. The number of benzene rings is 9. The van der Waals surface area contributed by atoms with Gasteiger partial charge in [0.15, 0.2) is 0 Å². The number of para-hydroxylation sites is 2. The van der Waals surface area contributed by atoms with Crippen LogP contribution in [0, 0.1) is 0 Å². The molecule has 0 aliphatic heterocycles. The molecule has 0 unspecified atom stereocenters.